The van der Waals surface area contributed by atoms with Crippen molar-refractivity contribution in [1.82, 2.24) is 0 Å². The van der Waals surface area contributed by atoms with E-state index in [4.69, 9.17) is 0 Å². The van der Waals surface area contributed by atoms with Crippen LogP contribution >= 0.6 is 0 Å². The largest absolute Gasteiger partial charge is 0.508 e. The Morgan fingerprint density at radius 3 is 2.82 bits per heavy atom. The number of aldehydes is 1. The second-order valence-corrected chi connectivity index (χ2v) is 7.59. The van der Waals surface area contributed by atoms with Crippen molar-refractivity contribution in [3.8, 4) is 5.75 Å². The molecule has 1 N–H and O–H groups in total. The molecule has 4 atom stereocenters. The van der Waals surface area contributed by atoms with Crippen LogP contribution < -0.4 is 0 Å². The molecule has 0 aromatic heterocycles. The average molecular weight is 298 g/mol. The van der Waals surface area contributed by atoms with Crippen LogP contribution in [0.2, 0.25) is 0 Å². The Labute approximate surface area is 130 Å². The molecule has 4 rings (SSSR count). The summed E-state index contributed by atoms with van der Waals surface area (Å²) >= 11 is 0. The van der Waals surface area contributed by atoms with E-state index in [0.717, 1.165) is 38.4 Å². The number of carbonyl (C=O) groups is 2. The summed E-state index contributed by atoms with van der Waals surface area (Å²) in [5, 5.41) is 9.71. The van der Waals surface area contributed by atoms with Gasteiger partial charge in [-0.25, -0.2) is 0 Å². The number of fused-ring (bicyclic) bond motifs is 5. The fraction of sp³-hybridized carbons (Fsp3) is 0.579. The maximum Gasteiger partial charge on any atom is 0.139 e. The number of Topliss-reactive ketones (excluding diaryl/α,β-unsaturated/α-hetero) is 1. The fourth-order valence-corrected chi connectivity index (χ4v) is 5.69. The van der Waals surface area contributed by atoms with Gasteiger partial charge in [-0.1, -0.05) is 13.0 Å². The summed E-state index contributed by atoms with van der Waals surface area (Å²) in [5.41, 5.74) is 1.58. The van der Waals surface area contributed by atoms with Gasteiger partial charge in [0.15, 0.2) is 0 Å². The van der Waals surface area contributed by atoms with Gasteiger partial charge in [-0.2, -0.15) is 0 Å². The molecule has 0 radical (unpaired) electrons. The van der Waals surface area contributed by atoms with E-state index >= 15 is 0 Å². The molecular formula is C19H22O3. The lowest BCUT2D eigenvalue weighted by Gasteiger charge is -2.54. The first-order chi connectivity index (χ1) is 10.5. The highest BCUT2D eigenvalue weighted by Crippen LogP contribution is 2.65. The minimum absolute atomic E-state index is 0.271. The van der Waals surface area contributed by atoms with Crippen molar-refractivity contribution in [3.05, 3.63) is 29.3 Å². The van der Waals surface area contributed by atoms with Crippen LogP contribution in [0.25, 0.3) is 0 Å². The first-order valence-corrected chi connectivity index (χ1v) is 8.33. The number of hydrogen-bond donors (Lipinski definition) is 1. The van der Waals surface area contributed by atoms with Crippen molar-refractivity contribution in [3.63, 3.8) is 0 Å². The van der Waals surface area contributed by atoms with E-state index in [0.29, 0.717) is 18.1 Å². The zero-order valence-corrected chi connectivity index (χ0v) is 13.0. The highest BCUT2D eigenvalue weighted by Gasteiger charge is 2.64. The molecule has 0 spiro atoms. The lowest BCUT2D eigenvalue weighted by Crippen LogP contribution is -2.52. The van der Waals surface area contributed by atoms with Crippen LogP contribution in [0.4, 0.5) is 0 Å². The number of carbonyl (C=O) groups excluding carboxylic acids is 2. The molecule has 0 heterocycles. The third kappa shape index (κ3) is 1.52. The maximum absolute atomic E-state index is 12.5. The van der Waals surface area contributed by atoms with Gasteiger partial charge in [0, 0.05) is 17.3 Å². The van der Waals surface area contributed by atoms with Crippen LogP contribution in [0.15, 0.2) is 18.2 Å². The summed E-state index contributed by atoms with van der Waals surface area (Å²) in [5.74, 6) is 1.23. The Kier molecular flexibility index (Phi) is 2.82. The van der Waals surface area contributed by atoms with Gasteiger partial charge in [-0.05, 0) is 67.2 Å². The van der Waals surface area contributed by atoms with E-state index in [1.807, 2.05) is 19.1 Å². The lowest BCUT2D eigenvalue weighted by molar-refractivity contribution is -0.145. The third-order valence-electron chi connectivity index (χ3n) is 6.97. The van der Waals surface area contributed by atoms with Gasteiger partial charge < -0.3 is 9.90 Å². The molecule has 1 aromatic rings. The van der Waals surface area contributed by atoms with Gasteiger partial charge in [0.1, 0.15) is 17.8 Å². The van der Waals surface area contributed by atoms with Gasteiger partial charge in [-0.3, -0.25) is 4.79 Å². The van der Waals surface area contributed by atoms with Crippen molar-refractivity contribution in [1.29, 1.82) is 0 Å². The first kappa shape index (κ1) is 14.0. The summed E-state index contributed by atoms with van der Waals surface area (Å²) in [6.07, 6.45) is 6.03. The molecule has 3 nitrogen and oxygen atoms in total. The van der Waals surface area contributed by atoms with Crippen molar-refractivity contribution in [2.45, 2.75) is 51.4 Å². The number of rotatable bonds is 1. The van der Waals surface area contributed by atoms with Crippen LogP contribution in [-0.4, -0.2) is 17.2 Å². The summed E-state index contributed by atoms with van der Waals surface area (Å²) in [4.78, 5) is 24.6. The Morgan fingerprint density at radius 1 is 1.23 bits per heavy atom. The maximum atomic E-state index is 12.5. The fourth-order valence-electron chi connectivity index (χ4n) is 5.69. The molecule has 0 amide bonds. The number of phenols is 1. The van der Waals surface area contributed by atoms with E-state index in [9.17, 15) is 14.7 Å². The van der Waals surface area contributed by atoms with E-state index in [1.165, 1.54) is 11.1 Å². The number of phenolic OH excluding ortho intramolecular Hbond substituents is 1. The molecule has 2 fully saturated rings. The molecular weight excluding hydrogens is 276 g/mol. The summed E-state index contributed by atoms with van der Waals surface area (Å²) < 4.78 is 0. The van der Waals surface area contributed by atoms with E-state index in [-0.39, 0.29) is 11.7 Å². The number of hydrogen-bond acceptors (Lipinski definition) is 3. The molecule has 2 saturated carbocycles. The van der Waals surface area contributed by atoms with Gasteiger partial charge >= 0.3 is 0 Å². The molecule has 0 unspecified atom stereocenters. The predicted octanol–water partition coefficient (Wildman–Crippen LogP) is 3.39. The molecule has 0 saturated heterocycles. The number of aromatic hydroxyl groups is 1. The third-order valence-corrected chi connectivity index (χ3v) is 6.97. The lowest BCUT2D eigenvalue weighted by atomic mass is 9.48. The summed E-state index contributed by atoms with van der Waals surface area (Å²) in [7, 11) is 0. The Balaban J connectivity index is 1.82. The minimum Gasteiger partial charge on any atom is -0.508 e. The molecule has 116 valence electrons. The number of aryl methyl sites for hydroxylation is 1. The van der Waals surface area contributed by atoms with Crippen LogP contribution in [0.3, 0.4) is 0 Å². The zero-order valence-electron chi connectivity index (χ0n) is 13.0. The SMILES string of the molecule is C[C@]12CC[C@@H]3c4ccc(O)cc4CC[C@H]3[C@]1(C=O)CCC2=O. The monoisotopic (exact) mass is 298 g/mol. The normalized spacial score (nSPS) is 39.8. The quantitative estimate of drug-likeness (QED) is 0.809. The Morgan fingerprint density at radius 2 is 2.05 bits per heavy atom. The van der Waals surface area contributed by atoms with Crippen molar-refractivity contribution in [2.24, 2.45) is 16.7 Å². The van der Waals surface area contributed by atoms with Crippen molar-refractivity contribution >= 4 is 12.1 Å². The van der Waals surface area contributed by atoms with Crippen LogP contribution in [-0.2, 0) is 16.0 Å². The predicted molar refractivity (Wildman–Crippen MR) is 82.7 cm³/mol. The molecule has 0 bridgehead atoms. The molecule has 3 aliphatic carbocycles. The van der Waals surface area contributed by atoms with Crippen LogP contribution in [0, 0.1) is 16.7 Å². The topological polar surface area (TPSA) is 54.4 Å². The number of ketones is 1. The van der Waals surface area contributed by atoms with Gasteiger partial charge in [0.05, 0.1) is 0 Å². The first-order valence-electron chi connectivity index (χ1n) is 8.33. The minimum atomic E-state index is -0.470. The average Bonchev–Trinajstić information content (AvgIpc) is 2.79. The standard InChI is InChI=1S/C19H22O3/c1-18-8-6-15-14-4-3-13(21)10-12(14)2-5-16(15)19(18,11-20)9-7-17(18)22/h3-4,10-11,15-16,21H,2,5-9H2,1H3/t15-,16-,18-,19-/m1/s1. The van der Waals surface area contributed by atoms with Crippen LogP contribution in [0.1, 0.15) is 56.1 Å². The molecule has 1 aromatic carbocycles. The molecule has 22 heavy (non-hydrogen) atoms. The van der Waals surface area contributed by atoms with Crippen LogP contribution in [0.5, 0.6) is 5.75 Å². The van der Waals surface area contributed by atoms with E-state index in [1.54, 1.807) is 6.07 Å². The highest BCUT2D eigenvalue weighted by atomic mass is 16.3. The van der Waals surface area contributed by atoms with Gasteiger partial charge in [-0.15, -0.1) is 0 Å². The zero-order chi connectivity index (χ0) is 15.5. The second-order valence-electron chi connectivity index (χ2n) is 7.59. The molecule has 0 aliphatic heterocycles. The second kappa shape index (κ2) is 4.43. The van der Waals surface area contributed by atoms with E-state index < -0.39 is 10.8 Å². The van der Waals surface area contributed by atoms with Gasteiger partial charge in [0.2, 0.25) is 0 Å². The number of benzene rings is 1. The molecule has 3 aliphatic rings. The summed E-state index contributed by atoms with van der Waals surface area (Å²) in [6.45, 7) is 2.03. The molecule has 3 heteroatoms. The highest BCUT2D eigenvalue weighted by molar-refractivity contribution is 5.93. The Bertz CT molecular complexity index is 665. The smallest absolute Gasteiger partial charge is 0.139 e. The van der Waals surface area contributed by atoms with Crippen molar-refractivity contribution in [2.75, 3.05) is 0 Å². The summed E-state index contributed by atoms with van der Waals surface area (Å²) in [6, 6.07) is 5.65. The van der Waals surface area contributed by atoms with Gasteiger partial charge in [0.25, 0.3) is 0 Å². The van der Waals surface area contributed by atoms with Crippen molar-refractivity contribution < 1.29 is 14.7 Å². The van der Waals surface area contributed by atoms with E-state index in [2.05, 4.69) is 0 Å². The Hall–Kier alpha value is -1.64.